The van der Waals surface area contributed by atoms with Gasteiger partial charge in [0.25, 0.3) is 0 Å². The Labute approximate surface area is 137 Å². The minimum atomic E-state index is -3.67. The molecule has 1 aromatic rings. The molecular formula is C12H20ClN3O4S2. The topological polar surface area (TPSA) is 110 Å². The molecule has 0 aromatic heterocycles. The van der Waals surface area contributed by atoms with Gasteiger partial charge in [0.05, 0.1) is 10.6 Å². The van der Waals surface area contributed by atoms with E-state index in [1.165, 1.54) is 16.4 Å². The van der Waals surface area contributed by atoms with Gasteiger partial charge in [-0.3, -0.25) is 0 Å². The van der Waals surface area contributed by atoms with Crippen molar-refractivity contribution in [3.05, 3.63) is 30.3 Å². The molecule has 7 nitrogen and oxygen atoms in total. The van der Waals surface area contributed by atoms with Crippen LogP contribution >= 0.6 is 12.4 Å². The largest absolute Gasteiger partial charge is 0.326 e. The highest BCUT2D eigenvalue weighted by Crippen LogP contribution is 2.12. The molecule has 1 atom stereocenters. The smallest absolute Gasteiger partial charge is 0.240 e. The predicted octanol–water partition coefficient (Wildman–Crippen LogP) is -0.250. The van der Waals surface area contributed by atoms with Gasteiger partial charge in [-0.2, -0.15) is 0 Å². The Kier molecular flexibility index (Phi) is 6.78. The molecule has 1 aliphatic heterocycles. The average Bonchev–Trinajstić information content (AvgIpc) is 2.87. The van der Waals surface area contributed by atoms with Gasteiger partial charge in [-0.05, 0) is 18.6 Å². The van der Waals surface area contributed by atoms with Crippen molar-refractivity contribution in [3.63, 3.8) is 0 Å². The molecule has 1 saturated heterocycles. The van der Waals surface area contributed by atoms with E-state index in [4.69, 9.17) is 5.73 Å². The number of nitrogens with one attached hydrogen (secondary N) is 1. The maximum Gasteiger partial charge on any atom is 0.240 e. The zero-order chi connectivity index (χ0) is 15.5. The average molecular weight is 370 g/mol. The highest BCUT2D eigenvalue weighted by atomic mass is 35.5. The Morgan fingerprint density at radius 1 is 1.18 bits per heavy atom. The summed E-state index contributed by atoms with van der Waals surface area (Å²) in [6.45, 7) is 0.536. The zero-order valence-electron chi connectivity index (χ0n) is 11.9. The van der Waals surface area contributed by atoms with Crippen LogP contribution in [-0.4, -0.2) is 52.6 Å². The SMILES string of the molecule is Cl.N[C@@H]1CCN(S(=O)(=O)CCNS(=O)(=O)c2ccccc2)C1. The first-order valence-corrected chi connectivity index (χ1v) is 9.69. The lowest BCUT2D eigenvalue weighted by atomic mass is 10.3. The summed E-state index contributed by atoms with van der Waals surface area (Å²) in [7, 11) is -7.15. The highest BCUT2D eigenvalue weighted by molar-refractivity contribution is 7.90. The van der Waals surface area contributed by atoms with E-state index in [0.29, 0.717) is 19.5 Å². The van der Waals surface area contributed by atoms with Gasteiger partial charge in [-0.25, -0.2) is 25.9 Å². The van der Waals surface area contributed by atoms with Gasteiger partial charge in [0.2, 0.25) is 20.0 Å². The lowest BCUT2D eigenvalue weighted by molar-refractivity contribution is 0.472. The number of sulfonamides is 2. The number of benzene rings is 1. The van der Waals surface area contributed by atoms with Crippen molar-refractivity contribution in [1.29, 1.82) is 0 Å². The Balaban J connectivity index is 0.00000242. The van der Waals surface area contributed by atoms with Crippen LogP contribution in [0.2, 0.25) is 0 Å². The summed E-state index contributed by atoms with van der Waals surface area (Å²) in [5, 5.41) is 0. The summed E-state index contributed by atoms with van der Waals surface area (Å²) in [4.78, 5) is 0.116. The second-order valence-electron chi connectivity index (χ2n) is 4.93. The fraction of sp³-hybridized carbons (Fsp3) is 0.500. The van der Waals surface area contributed by atoms with E-state index in [0.717, 1.165) is 0 Å². The molecule has 0 aliphatic carbocycles. The maximum absolute atomic E-state index is 12.0. The summed E-state index contributed by atoms with van der Waals surface area (Å²) in [6, 6.07) is 7.70. The number of rotatable bonds is 6. The predicted molar refractivity (Wildman–Crippen MR) is 86.8 cm³/mol. The molecule has 126 valence electrons. The van der Waals surface area contributed by atoms with Crippen LogP contribution in [0.4, 0.5) is 0 Å². The van der Waals surface area contributed by atoms with Gasteiger partial charge in [0.1, 0.15) is 0 Å². The number of hydrogen-bond donors (Lipinski definition) is 2. The van der Waals surface area contributed by atoms with Crippen LogP contribution in [0.3, 0.4) is 0 Å². The standard InChI is InChI=1S/C12H19N3O4S2.ClH/c13-11-6-8-15(10-11)20(16,17)9-7-14-21(18,19)12-4-2-1-3-5-12;/h1-5,11,14H,6-10,13H2;1H/t11-;/m1./s1. The van der Waals surface area contributed by atoms with Crippen LogP contribution in [0.5, 0.6) is 0 Å². The first kappa shape index (κ1) is 19.3. The lowest BCUT2D eigenvalue weighted by Crippen LogP contribution is -2.37. The van der Waals surface area contributed by atoms with E-state index in [9.17, 15) is 16.8 Å². The number of nitrogens with zero attached hydrogens (tertiary/aromatic N) is 1. The molecule has 3 N–H and O–H groups in total. The first-order valence-electron chi connectivity index (χ1n) is 6.59. The molecule has 1 aromatic carbocycles. The molecule has 0 spiro atoms. The summed E-state index contributed by atoms with van der Waals surface area (Å²) in [5.41, 5.74) is 5.68. The van der Waals surface area contributed by atoms with Crippen LogP contribution in [0.25, 0.3) is 0 Å². The molecule has 0 saturated carbocycles. The lowest BCUT2D eigenvalue weighted by Gasteiger charge is -2.16. The maximum atomic E-state index is 12.0. The van der Waals surface area contributed by atoms with E-state index < -0.39 is 20.0 Å². The van der Waals surface area contributed by atoms with Crippen LogP contribution in [0, 0.1) is 0 Å². The third-order valence-electron chi connectivity index (χ3n) is 3.29. The monoisotopic (exact) mass is 369 g/mol. The van der Waals surface area contributed by atoms with Crippen molar-refractivity contribution in [2.24, 2.45) is 5.73 Å². The van der Waals surface area contributed by atoms with E-state index >= 15 is 0 Å². The van der Waals surface area contributed by atoms with Gasteiger partial charge in [0.15, 0.2) is 0 Å². The third-order valence-corrected chi connectivity index (χ3v) is 6.60. The normalized spacial score (nSPS) is 19.8. The molecule has 0 bridgehead atoms. The summed E-state index contributed by atoms with van der Waals surface area (Å²) in [6.07, 6.45) is 0.634. The molecule has 0 unspecified atom stereocenters. The molecule has 0 amide bonds. The molecular weight excluding hydrogens is 350 g/mol. The third kappa shape index (κ3) is 4.90. The molecule has 1 heterocycles. The fourth-order valence-electron chi connectivity index (χ4n) is 2.12. The summed E-state index contributed by atoms with van der Waals surface area (Å²) >= 11 is 0. The van der Waals surface area contributed by atoms with Crippen molar-refractivity contribution >= 4 is 32.5 Å². The molecule has 22 heavy (non-hydrogen) atoms. The van der Waals surface area contributed by atoms with Crippen molar-refractivity contribution < 1.29 is 16.8 Å². The van der Waals surface area contributed by atoms with Gasteiger partial charge < -0.3 is 5.73 Å². The van der Waals surface area contributed by atoms with E-state index in [1.807, 2.05) is 0 Å². The highest BCUT2D eigenvalue weighted by Gasteiger charge is 2.29. The first-order chi connectivity index (χ1) is 9.81. The Bertz CT molecular complexity index is 680. The minimum absolute atomic E-state index is 0. The van der Waals surface area contributed by atoms with Gasteiger partial charge in [-0.1, -0.05) is 18.2 Å². The Morgan fingerprint density at radius 3 is 2.36 bits per heavy atom. The van der Waals surface area contributed by atoms with E-state index in [2.05, 4.69) is 4.72 Å². The van der Waals surface area contributed by atoms with E-state index in [1.54, 1.807) is 18.2 Å². The minimum Gasteiger partial charge on any atom is -0.326 e. The van der Waals surface area contributed by atoms with Crippen LogP contribution < -0.4 is 10.5 Å². The number of halogens is 1. The zero-order valence-corrected chi connectivity index (χ0v) is 14.3. The van der Waals surface area contributed by atoms with Gasteiger partial charge >= 0.3 is 0 Å². The molecule has 1 fully saturated rings. The number of nitrogens with two attached hydrogens (primary N) is 1. The van der Waals surface area contributed by atoms with E-state index in [-0.39, 0.29) is 35.6 Å². The van der Waals surface area contributed by atoms with Crippen LogP contribution in [-0.2, 0) is 20.0 Å². The van der Waals surface area contributed by atoms with Crippen molar-refractivity contribution in [2.45, 2.75) is 17.4 Å². The quantitative estimate of drug-likeness (QED) is 0.718. The molecule has 10 heteroatoms. The van der Waals surface area contributed by atoms with Crippen LogP contribution in [0.15, 0.2) is 35.2 Å². The molecule has 2 rings (SSSR count). The second kappa shape index (κ2) is 7.71. The van der Waals surface area contributed by atoms with Gasteiger partial charge in [-0.15, -0.1) is 12.4 Å². The summed E-state index contributed by atoms with van der Waals surface area (Å²) in [5.74, 6) is -0.272. The van der Waals surface area contributed by atoms with Crippen molar-refractivity contribution in [3.8, 4) is 0 Å². The summed E-state index contributed by atoms with van der Waals surface area (Å²) < 4.78 is 51.6. The van der Waals surface area contributed by atoms with Crippen molar-refractivity contribution in [2.75, 3.05) is 25.4 Å². The second-order valence-corrected chi connectivity index (χ2v) is 8.79. The molecule has 0 radical (unpaired) electrons. The fourth-order valence-corrected chi connectivity index (χ4v) is 4.73. The number of hydrogen-bond acceptors (Lipinski definition) is 5. The molecule has 1 aliphatic rings. The van der Waals surface area contributed by atoms with Crippen molar-refractivity contribution in [1.82, 2.24) is 9.03 Å². The van der Waals surface area contributed by atoms with Crippen LogP contribution in [0.1, 0.15) is 6.42 Å². The Morgan fingerprint density at radius 2 is 1.82 bits per heavy atom. The van der Waals surface area contributed by atoms with Gasteiger partial charge in [0, 0.05) is 25.7 Å². The Hall–Kier alpha value is -0.710.